The van der Waals surface area contributed by atoms with E-state index in [9.17, 15) is 27.9 Å². The minimum absolute atomic E-state index is 0.0311. The van der Waals surface area contributed by atoms with E-state index in [2.05, 4.69) is 30.8 Å². The molecule has 1 saturated heterocycles. The smallest absolute Gasteiger partial charge is 0.530 e. The number of carbonyl (C=O) groups is 2. The van der Waals surface area contributed by atoms with Gasteiger partial charge in [-0.15, -0.1) is 13.2 Å². The molecule has 0 aromatic heterocycles. The third-order valence-corrected chi connectivity index (χ3v) is 6.30. The summed E-state index contributed by atoms with van der Waals surface area (Å²) in [7, 11) is 1.83. The Bertz CT molecular complexity index is 1050. The number of benzene rings is 2. The summed E-state index contributed by atoms with van der Waals surface area (Å²) in [4.78, 5) is 27.8. The molecule has 7 nitrogen and oxygen atoms in total. The summed E-state index contributed by atoms with van der Waals surface area (Å²) in [6, 6.07) is 13.1. The molecular weight excluding hydrogens is 475 g/mol. The van der Waals surface area contributed by atoms with Gasteiger partial charge in [0.25, 0.3) is 0 Å². The fourth-order valence-electron chi connectivity index (χ4n) is 4.42. The van der Waals surface area contributed by atoms with E-state index in [0.717, 1.165) is 16.7 Å². The lowest BCUT2D eigenvalue weighted by atomic mass is 9.86. The van der Waals surface area contributed by atoms with Gasteiger partial charge in [-0.2, -0.15) is 0 Å². The van der Waals surface area contributed by atoms with Crippen molar-refractivity contribution in [2.75, 3.05) is 20.1 Å². The van der Waals surface area contributed by atoms with Gasteiger partial charge in [0.05, 0.1) is 6.04 Å². The first-order valence-electron chi connectivity index (χ1n) is 11.7. The molecule has 1 heterocycles. The quantitative estimate of drug-likeness (QED) is 0.592. The van der Waals surface area contributed by atoms with Gasteiger partial charge >= 0.3 is 6.36 Å². The Morgan fingerprint density at radius 2 is 1.67 bits per heavy atom. The van der Waals surface area contributed by atoms with Gasteiger partial charge in [0.1, 0.15) is 18.0 Å². The average Bonchev–Trinajstić information content (AvgIpc) is 3.01. The second-order valence-corrected chi connectivity index (χ2v) is 9.90. The van der Waals surface area contributed by atoms with Crippen LogP contribution >= 0.6 is 0 Å². The van der Waals surface area contributed by atoms with Crippen LogP contribution in [0.15, 0.2) is 48.5 Å². The highest BCUT2D eigenvalue weighted by Gasteiger charge is 2.44. The lowest BCUT2D eigenvalue weighted by Gasteiger charge is -2.30. The maximum absolute atomic E-state index is 13.4. The van der Waals surface area contributed by atoms with E-state index >= 15 is 0 Å². The van der Waals surface area contributed by atoms with Crippen molar-refractivity contribution in [2.45, 2.75) is 57.6 Å². The van der Waals surface area contributed by atoms with Crippen molar-refractivity contribution in [3.05, 3.63) is 65.2 Å². The minimum Gasteiger partial charge on any atom is -0.530 e. The molecule has 0 spiro atoms. The second-order valence-electron chi connectivity index (χ2n) is 9.90. The maximum Gasteiger partial charge on any atom is 0.573 e. The lowest BCUT2D eigenvalue weighted by molar-refractivity contribution is -0.274. The van der Waals surface area contributed by atoms with Gasteiger partial charge in [-0.05, 0) is 54.1 Å². The fraction of sp³-hybridized carbons (Fsp3) is 0.462. The molecule has 0 saturated carbocycles. The zero-order chi connectivity index (χ0) is 26.7. The molecule has 0 aliphatic carbocycles. The summed E-state index contributed by atoms with van der Waals surface area (Å²) in [6.45, 7) is 6.76. The number of halogens is 3. The van der Waals surface area contributed by atoms with Crippen LogP contribution in [0.1, 0.15) is 50.0 Å². The molecule has 1 N–H and O–H groups in total. The van der Waals surface area contributed by atoms with E-state index in [1.165, 1.54) is 12.1 Å². The van der Waals surface area contributed by atoms with Gasteiger partial charge in [0, 0.05) is 13.1 Å². The normalized spacial score (nSPS) is 19.0. The molecule has 10 heteroatoms. The van der Waals surface area contributed by atoms with Crippen LogP contribution in [0.5, 0.6) is 5.75 Å². The second kappa shape index (κ2) is 10.8. The molecule has 2 atom stereocenters. The number of hydrogen-bond acceptors (Lipinski definition) is 5. The summed E-state index contributed by atoms with van der Waals surface area (Å²) in [5.74, 6) is -0.444. The monoisotopic (exact) mass is 506 g/mol. The van der Waals surface area contributed by atoms with E-state index in [0.29, 0.717) is 13.0 Å². The number of nitrogens with one attached hydrogen (secondary N) is 1. The number of likely N-dealkylation sites (N-methyl/N-ethyl adjacent to an activating group) is 1. The Hall–Kier alpha value is -3.27. The summed E-state index contributed by atoms with van der Waals surface area (Å²) < 4.78 is 41.2. The van der Waals surface area contributed by atoms with Crippen LogP contribution in [0.2, 0.25) is 0 Å². The number of nitrogens with zero attached hydrogens (tertiary/aromatic N) is 2. The number of ether oxygens (including phenoxy) is 1. The van der Waals surface area contributed by atoms with Crippen molar-refractivity contribution in [3.8, 4) is 5.75 Å². The van der Waals surface area contributed by atoms with Crippen LogP contribution in [0.25, 0.3) is 0 Å². The summed E-state index contributed by atoms with van der Waals surface area (Å²) in [5.41, 5.74) is 2.80. The Kier molecular flexibility index (Phi) is 8.18. The topological polar surface area (TPSA) is 84.9 Å². The van der Waals surface area contributed by atoms with Crippen LogP contribution in [-0.4, -0.2) is 54.3 Å². The van der Waals surface area contributed by atoms with Crippen molar-refractivity contribution < 1.29 is 32.6 Å². The Labute approximate surface area is 208 Å². The molecular formula is C26H31F3N3O4-. The number of hydrogen-bond donors (Lipinski definition) is 1. The van der Waals surface area contributed by atoms with Gasteiger partial charge in [-0.25, -0.2) is 0 Å². The standard InChI is InChI=1S/C26H32F3N3O4/c1-25(2,3)19-9-7-18(8-10-19)22-31(4)21(13-15-30-24(34)35)23(33)32(22)16-14-17-5-11-20(12-6-17)36-26(27,28)29/h5-12,21-22,30H,13-16H2,1-4H3,(H,34,35)/p-1/t21-,22+/m0/s1. The molecule has 2 aromatic carbocycles. The van der Waals surface area contributed by atoms with Crippen molar-refractivity contribution in [2.24, 2.45) is 0 Å². The largest absolute Gasteiger partial charge is 0.573 e. The zero-order valence-electron chi connectivity index (χ0n) is 20.8. The first-order chi connectivity index (χ1) is 16.8. The number of carbonyl (C=O) groups excluding carboxylic acids is 2. The van der Waals surface area contributed by atoms with Crippen molar-refractivity contribution in [1.29, 1.82) is 0 Å². The number of rotatable bonds is 8. The lowest BCUT2D eigenvalue weighted by Crippen LogP contribution is -2.40. The Morgan fingerprint density at radius 1 is 1.06 bits per heavy atom. The fourth-order valence-corrected chi connectivity index (χ4v) is 4.42. The molecule has 1 fully saturated rings. The van der Waals surface area contributed by atoms with E-state index < -0.39 is 18.5 Å². The van der Waals surface area contributed by atoms with Crippen molar-refractivity contribution >= 4 is 12.0 Å². The first-order valence-corrected chi connectivity index (χ1v) is 11.7. The van der Waals surface area contributed by atoms with Crippen LogP contribution in [-0.2, 0) is 16.6 Å². The third kappa shape index (κ3) is 6.90. The van der Waals surface area contributed by atoms with E-state index in [-0.39, 0.29) is 36.2 Å². The highest BCUT2D eigenvalue weighted by molar-refractivity contribution is 5.84. The van der Waals surface area contributed by atoms with Crippen LogP contribution in [0.3, 0.4) is 0 Å². The van der Waals surface area contributed by atoms with Gasteiger partial charge in [0.2, 0.25) is 5.91 Å². The number of carboxylic acid groups (broad SMARTS) is 1. The molecule has 0 radical (unpaired) electrons. The van der Waals surface area contributed by atoms with Gasteiger partial charge in [-0.3, -0.25) is 9.69 Å². The van der Waals surface area contributed by atoms with Crippen molar-refractivity contribution in [3.63, 3.8) is 0 Å². The van der Waals surface area contributed by atoms with Gasteiger partial charge in [-0.1, -0.05) is 57.2 Å². The molecule has 2 aromatic rings. The number of alkyl halides is 3. The molecule has 0 bridgehead atoms. The molecule has 1 aliphatic heterocycles. The molecule has 3 rings (SSSR count). The Morgan fingerprint density at radius 3 is 2.19 bits per heavy atom. The third-order valence-electron chi connectivity index (χ3n) is 6.30. The van der Waals surface area contributed by atoms with Crippen LogP contribution in [0, 0.1) is 0 Å². The molecule has 2 amide bonds. The Balaban J connectivity index is 1.80. The summed E-state index contributed by atoms with van der Waals surface area (Å²) in [5, 5.41) is 13.0. The maximum atomic E-state index is 13.4. The molecule has 36 heavy (non-hydrogen) atoms. The predicted molar refractivity (Wildman–Crippen MR) is 126 cm³/mol. The van der Waals surface area contributed by atoms with E-state index in [1.807, 2.05) is 36.2 Å². The first kappa shape index (κ1) is 27.3. The van der Waals surface area contributed by atoms with Crippen LogP contribution < -0.4 is 15.2 Å². The average molecular weight is 507 g/mol. The zero-order valence-corrected chi connectivity index (χ0v) is 20.8. The summed E-state index contributed by atoms with van der Waals surface area (Å²) >= 11 is 0. The highest BCUT2D eigenvalue weighted by atomic mass is 19.4. The predicted octanol–water partition coefficient (Wildman–Crippen LogP) is 3.59. The van der Waals surface area contributed by atoms with Gasteiger partial charge in [0.15, 0.2) is 0 Å². The van der Waals surface area contributed by atoms with E-state index in [1.54, 1.807) is 17.0 Å². The number of amides is 2. The van der Waals surface area contributed by atoms with Crippen molar-refractivity contribution in [1.82, 2.24) is 15.1 Å². The molecule has 1 aliphatic rings. The minimum atomic E-state index is -4.76. The van der Waals surface area contributed by atoms with Crippen LogP contribution in [0.4, 0.5) is 18.0 Å². The SMILES string of the molecule is CN1[C@@H](CCNC(=O)[O-])C(=O)N(CCc2ccc(OC(F)(F)F)cc2)[C@@H]1c1ccc(C(C)(C)C)cc1. The molecule has 0 unspecified atom stereocenters. The van der Waals surface area contributed by atoms with Gasteiger partial charge < -0.3 is 24.9 Å². The van der Waals surface area contributed by atoms with E-state index in [4.69, 9.17) is 0 Å². The highest BCUT2D eigenvalue weighted by Crippen LogP contribution is 2.35. The molecule has 196 valence electrons. The summed E-state index contributed by atoms with van der Waals surface area (Å²) in [6.07, 6.45) is -5.82.